The number of nitro benzene ring substituents is 1. The van der Waals surface area contributed by atoms with Crippen molar-refractivity contribution in [2.45, 2.75) is 31.2 Å². The first-order valence-electron chi connectivity index (χ1n) is 6.04. The minimum Gasteiger partial charge on any atom is -0.258 e. The number of nitro groups is 1. The molecule has 0 radical (unpaired) electrons. The molecule has 1 rings (SSSR count). The molecular weight excluding hydrogens is 318 g/mol. The van der Waals surface area contributed by atoms with Crippen LogP contribution in [0, 0.1) is 21.4 Å². The number of nitriles is 1. The van der Waals surface area contributed by atoms with Crippen LogP contribution in [0.3, 0.4) is 0 Å². The number of hydrogen-bond donors (Lipinski definition) is 0. The van der Waals surface area contributed by atoms with Crippen LogP contribution in [-0.2, 0) is 10.0 Å². The standard InChI is InChI=1S/C12H14ClN3O4S/c1-9(2)15(7-3-6-14)21(19,20)12-5-4-10(16(17)18)8-11(12)13/h4-5,8-9H,3,7H2,1-2H3. The van der Waals surface area contributed by atoms with Crippen molar-refractivity contribution in [3.8, 4) is 6.07 Å². The Bertz CT molecular complexity index is 682. The molecule has 21 heavy (non-hydrogen) atoms. The molecule has 0 spiro atoms. The maximum absolute atomic E-state index is 12.5. The van der Waals surface area contributed by atoms with Crippen LogP contribution in [0.4, 0.5) is 5.69 Å². The summed E-state index contributed by atoms with van der Waals surface area (Å²) in [6.45, 7) is 3.38. The Kier molecular flexibility index (Phi) is 5.66. The molecule has 0 aliphatic heterocycles. The van der Waals surface area contributed by atoms with Crippen LogP contribution in [-0.4, -0.2) is 30.2 Å². The summed E-state index contributed by atoms with van der Waals surface area (Å²) < 4.78 is 26.2. The topological polar surface area (TPSA) is 104 Å². The fraction of sp³-hybridized carbons (Fsp3) is 0.417. The number of hydrogen-bond acceptors (Lipinski definition) is 5. The fourth-order valence-corrected chi connectivity index (χ4v) is 3.91. The highest BCUT2D eigenvalue weighted by Crippen LogP contribution is 2.29. The predicted octanol–water partition coefficient (Wildman–Crippen LogP) is 2.56. The van der Waals surface area contributed by atoms with E-state index in [1.54, 1.807) is 13.8 Å². The molecule has 114 valence electrons. The van der Waals surface area contributed by atoms with Crippen molar-refractivity contribution < 1.29 is 13.3 Å². The average Bonchev–Trinajstić information content (AvgIpc) is 2.37. The normalized spacial score (nSPS) is 11.6. The Morgan fingerprint density at radius 1 is 1.48 bits per heavy atom. The lowest BCUT2D eigenvalue weighted by Gasteiger charge is -2.25. The van der Waals surface area contributed by atoms with Crippen molar-refractivity contribution in [3.63, 3.8) is 0 Å². The Morgan fingerprint density at radius 2 is 2.10 bits per heavy atom. The van der Waals surface area contributed by atoms with E-state index in [-0.39, 0.29) is 34.6 Å². The first kappa shape index (κ1) is 17.4. The van der Waals surface area contributed by atoms with Gasteiger partial charge in [0.15, 0.2) is 0 Å². The Balaban J connectivity index is 3.29. The van der Waals surface area contributed by atoms with Crippen LogP contribution in [0.15, 0.2) is 23.1 Å². The highest BCUT2D eigenvalue weighted by atomic mass is 35.5. The summed E-state index contributed by atoms with van der Waals surface area (Å²) in [4.78, 5) is 9.79. The second kappa shape index (κ2) is 6.85. The van der Waals surface area contributed by atoms with Gasteiger partial charge in [-0.2, -0.15) is 9.57 Å². The van der Waals surface area contributed by atoms with Gasteiger partial charge >= 0.3 is 0 Å². The van der Waals surface area contributed by atoms with Crippen molar-refractivity contribution in [1.29, 1.82) is 5.26 Å². The number of halogens is 1. The molecule has 0 aromatic heterocycles. The maximum Gasteiger partial charge on any atom is 0.271 e. The highest BCUT2D eigenvalue weighted by molar-refractivity contribution is 7.89. The second-order valence-corrected chi connectivity index (χ2v) is 6.76. The number of sulfonamides is 1. The van der Waals surface area contributed by atoms with E-state index in [4.69, 9.17) is 16.9 Å². The quantitative estimate of drug-likeness (QED) is 0.588. The number of nitrogens with zero attached hydrogens (tertiary/aromatic N) is 3. The number of benzene rings is 1. The van der Waals surface area contributed by atoms with Crippen molar-refractivity contribution >= 4 is 27.3 Å². The summed E-state index contributed by atoms with van der Waals surface area (Å²) in [5.74, 6) is 0. The molecule has 0 bridgehead atoms. The summed E-state index contributed by atoms with van der Waals surface area (Å²) in [5.41, 5.74) is -0.285. The molecule has 9 heteroatoms. The Hall–Kier alpha value is -1.69. The minimum absolute atomic E-state index is 0.0316. The maximum atomic E-state index is 12.5. The van der Waals surface area contributed by atoms with Gasteiger partial charge in [0.25, 0.3) is 5.69 Å². The molecule has 0 saturated heterocycles. The Labute approximate surface area is 127 Å². The smallest absolute Gasteiger partial charge is 0.258 e. The predicted molar refractivity (Wildman–Crippen MR) is 77.4 cm³/mol. The van der Waals surface area contributed by atoms with Gasteiger partial charge in [0.1, 0.15) is 4.90 Å². The van der Waals surface area contributed by atoms with E-state index < -0.39 is 14.9 Å². The molecule has 1 aromatic carbocycles. The summed E-state index contributed by atoms with van der Waals surface area (Å²) in [6.07, 6.45) is 0.0437. The van der Waals surface area contributed by atoms with Gasteiger partial charge in [0.2, 0.25) is 10.0 Å². The summed E-state index contributed by atoms with van der Waals surface area (Å²) >= 11 is 5.87. The molecule has 0 heterocycles. The van der Waals surface area contributed by atoms with Crippen molar-refractivity contribution in [1.82, 2.24) is 4.31 Å². The number of non-ortho nitro benzene ring substituents is 1. The van der Waals surface area contributed by atoms with Gasteiger partial charge in [-0.3, -0.25) is 10.1 Å². The first-order valence-corrected chi connectivity index (χ1v) is 7.86. The van der Waals surface area contributed by atoms with Gasteiger partial charge in [-0.25, -0.2) is 8.42 Å². The van der Waals surface area contributed by atoms with E-state index in [1.165, 1.54) is 0 Å². The lowest BCUT2D eigenvalue weighted by Crippen LogP contribution is -2.37. The van der Waals surface area contributed by atoms with Crippen molar-refractivity contribution in [2.24, 2.45) is 0 Å². The largest absolute Gasteiger partial charge is 0.271 e. The zero-order valence-corrected chi connectivity index (χ0v) is 13.1. The minimum atomic E-state index is -3.92. The van der Waals surface area contributed by atoms with E-state index in [9.17, 15) is 18.5 Å². The molecular formula is C12H14ClN3O4S. The van der Waals surface area contributed by atoms with Crippen molar-refractivity contribution in [3.05, 3.63) is 33.3 Å². The molecule has 0 saturated carbocycles. The van der Waals surface area contributed by atoms with E-state index in [1.807, 2.05) is 6.07 Å². The van der Waals surface area contributed by atoms with Gasteiger partial charge in [-0.15, -0.1) is 0 Å². The molecule has 0 unspecified atom stereocenters. The summed E-state index contributed by atoms with van der Waals surface area (Å²) in [7, 11) is -3.92. The number of rotatable bonds is 6. The monoisotopic (exact) mass is 331 g/mol. The molecule has 7 nitrogen and oxygen atoms in total. The van der Waals surface area contributed by atoms with E-state index in [0.29, 0.717) is 0 Å². The van der Waals surface area contributed by atoms with Crippen molar-refractivity contribution in [2.75, 3.05) is 6.54 Å². The second-order valence-electron chi connectivity index (χ2n) is 4.49. The van der Waals surface area contributed by atoms with Gasteiger partial charge in [-0.05, 0) is 19.9 Å². The van der Waals surface area contributed by atoms with Crippen LogP contribution in [0.2, 0.25) is 5.02 Å². The third kappa shape index (κ3) is 3.91. The molecule has 0 atom stereocenters. The molecule has 0 aliphatic carbocycles. The van der Waals surface area contributed by atoms with Gasteiger partial charge in [0.05, 0.1) is 16.0 Å². The average molecular weight is 332 g/mol. The van der Waals surface area contributed by atoms with Gasteiger partial charge in [-0.1, -0.05) is 11.6 Å². The van der Waals surface area contributed by atoms with Crippen LogP contribution < -0.4 is 0 Å². The lowest BCUT2D eigenvalue weighted by molar-refractivity contribution is -0.384. The third-order valence-electron chi connectivity index (χ3n) is 2.73. The molecule has 0 amide bonds. The van der Waals surface area contributed by atoms with E-state index >= 15 is 0 Å². The summed E-state index contributed by atoms with van der Waals surface area (Å²) in [5, 5.41) is 19.0. The zero-order chi connectivity index (χ0) is 16.2. The van der Waals surface area contributed by atoms with E-state index in [0.717, 1.165) is 22.5 Å². The van der Waals surface area contributed by atoms with Crippen LogP contribution in [0.1, 0.15) is 20.3 Å². The van der Waals surface area contributed by atoms with E-state index in [2.05, 4.69) is 0 Å². The highest BCUT2D eigenvalue weighted by Gasteiger charge is 2.29. The van der Waals surface area contributed by atoms with Crippen LogP contribution in [0.5, 0.6) is 0 Å². The van der Waals surface area contributed by atoms with Crippen LogP contribution in [0.25, 0.3) is 0 Å². The Morgan fingerprint density at radius 3 is 2.52 bits per heavy atom. The zero-order valence-electron chi connectivity index (χ0n) is 11.5. The molecule has 0 aliphatic rings. The molecule has 0 fully saturated rings. The van der Waals surface area contributed by atoms with Gasteiger partial charge in [0, 0.05) is 31.1 Å². The van der Waals surface area contributed by atoms with Gasteiger partial charge < -0.3 is 0 Å². The molecule has 1 aromatic rings. The third-order valence-corrected chi connectivity index (χ3v) is 5.29. The fourth-order valence-electron chi connectivity index (χ4n) is 1.75. The molecule has 0 N–H and O–H groups in total. The lowest BCUT2D eigenvalue weighted by atomic mass is 10.3. The van der Waals surface area contributed by atoms with Crippen LogP contribution >= 0.6 is 11.6 Å². The first-order chi connectivity index (χ1) is 9.71. The SMILES string of the molecule is CC(C)N(CCC#N)S(=O)(=O)c1ccc([N+](=O)[O-])cc1Cl. The summed E-state index contributed by atoms with van der Waals surface area (Å²) in [6, 6.07) is 4.71.